The van der Waals surface area contributed by atoms with Crippen LogP contribution in [-0.2, 0) is 14.4 Å². The Labute approximate surface area is 110 Å². The van der Waals surface area contributed by atoms with Crippen LogP contribution in [0.15, 0.2) is 5.10 Å². The highest BCUT2D eigenvalue weighted by atomic mass is 16.4. The zero-order chi connectivity index (χ0) is 14.0. The zero-order valence-corrected chi connectivity index (χ0v) is 10.8. The van der Waals surface area contributed by atoms with Crippen LogP contribution in [0.5, 0.6) is 0 Å². The molecule has 0 aromatic carbocycles. The van der Waals surface area contributed by atoms with Gasteiger partial charge in [0.05, 0.1) is 0 Å². The number of aliphatic carboxylic acids is 1. The topological polar surface area (TPSA) is 90.3 Å². The van der Waals surface area contributed by atoms with Crippen molar-refractivity contribution in [2.24, 2.45) is 5.10 Å². The Morgan fingerprint density at radius 1 is 1.32 bits per heavy atom. The molecule has 2 aliphatic rings. The standard InChI is InChI=1S/C12H17N3O4/c1-14-10(16)6-5-8(13-14)11(17)15-7-3-2-4-9(15)12(18)19/h9H,2-7H2,1H3,(H,18,19)/t9-/m0/s1. The summed E-state index contributed by atoms with van der Waals surface area (Å²) in [5, 5.41) is 14.2. The number of carboxylic acid groups (broad SMARTS) is 1. The Bertz CT molecular complexity index is 446. The summed E-state index contributed by atoms with van der Waals surface area (Å²) in [4.78, 5) is 36.2. The number of likely N-dealkylation sites (tertiary alicyclic amines) is 1. The predicted molar refractivity (Wildman–Crippen MR) is 66.4 cm³/mol. The van der Waals surface area contributed by atoms with Gasteiger partial charge in [-0.2, -0.15) is 5.10 Å². The summed E-state index contributed by atoms with van der Waals surface area (Å²) in [7, 11) is 1.50. The molecule has 7 heteroatoms. The lowest BCUT2D eigenvalue weighted by molar-refractivity contribution is -0.149. The highest BCUT2D eigenvalue weighted by molar-refractivity contribution is 6.39. The number of rotatable bonds is 2. The molecule has 0 aliphatic carbocycles. The molecule has 104 valence electrons. The maximum absolute atomic E-state index is 12.3. The number of carbonyl (C=O) groups excluding carboxylic acids is 2. The lowest BCUT2D eigenvalue weighted by Crippen LogP contribution is -2.51. The molecule has 2 heterocycles. The summed E-state index contributed by atoms with van der Waals surface area (Å²) in [6.45, 7) is 0.437. The SMILES string of the molecule is CN1N=C(C(=O)N2CCCC[C@H]2C(=O)O)CCC1=O. The molecule has 19 heavy (non-hydrogen) atoms. The van der Waals surface area contributed by atoms with Crippen molar-refractivity contribution in [2.75, 3.05) is 13.6 Å². The third-order valence-corrected chi connectivity index (χ3v) is 3.50. The van der Waals surface area contributed by atoms with Crippen LogP contribution >= 0.6 is 0 Å². The van der Waals surface area contributed by atoms with Crippen LogP contribution in [-0.4, -0.2) is 58.1 Å². The van der Waals surface area contributed by atoms with Gasteiger partial charge in [-0.15, -0.1) is 0 Å². The van der Waals surface area contributed by atoms with Crippen LogP contribution in [0.4, 0.5) is 0 Å². The van der Waals surface area contributed by atoms with Crippen LogP contribution < -0.4 is 0 Å². The van der Waals surface area contributed by atoms with Gasteiger partial charge in [-0.1, -0.05) is 0 Å². The normalized spacial score (nSPS) is 24.2. The van der Waals surface area contributed by atoms with Crippen LogP contribution in [0.3, 0.4) is 0 Å². The van der Waals surface area contributed by atoms with Crippen molar-refractivity contribution in [1.29, 1.82) is 0 Å². The minimum atomic E-state index is -0.978. The summed E-state index contributed by atoms with van der Waals surface area (Å²) >= 11 is 0. The number of hydrazone groups is 1. The van der Waals surface area contributed by atoms with Crippen LogP contribution in [0.2, 0.25) is 0 Å². The van der Waals surface area contributed by atoms with E-state index in [-0.39, 0.29) is 30.4 Å². The second kappa shape index (κ2) is 5.38. The number of carboxylic acids is 1. The van der Waals surface area contributed by atoms with Crippen molar-refractivity contribution < 1.29 is 19.5 Å². The maximum Gasteiger partial charge on any atom is 0.326 e. The number of amides is 2. The minimum absolute atomic E-state index is 0.134. The van der Waals surface area contributed by atoms with E-state index in [0.717, 1.165) is 17.9 Å². The average molecular weight is 267 g/mol. The third-order valence-electron chi connectivity index (χ3n) is 3.50. The van der Waals surface area contributed by atoms with E-state index in [9.17, 15) is 14.4 Å². The van der Waals surface area contributed by atoms with E-state index in [1.165, 1.54) is 11.9 Å². The first-order valence-electron chi connectivity index (χ1n) is 6.38. The Morgan fingerprint density at radius 3 is 2.68 bits per heavy atom. The first-order chi connectivity index (χ1) is 9.00. The van der Waals surface area contributed by atoms with Crippen molar-refractivity contribution >= 4 is 23.5 Å². The summed E-state index contributed by atoms with van der Waals surface area (Å²) in [6, 6.07) is -0.771. The smallest absolute Gasteiger partial charge is 0.326 e. The number of hydrogen-bond donors (Lipinski definition) is 1. The van der Waals surface area contributed by atoms with Crippen molar-refractivity contribution in [3.05, 3.63) is 0 Å². The molecule has 0 radical (unpaired) electrons. The van der Waals surface area contributed by atoms with Crippen molar-refractivity contribution in [3.8, 4) is 0 Å². The molecule has 2 amide bonds. The molecule has 0 saturated carbocycles. The lowest BCUT2D eigenvalue weighted by atomic mass is 10.0. The molecule has 0 aromatic heterocycles. The summed E-state index contributed by atoms with van der Waals surface area (Å²) < 4.78 is 0. The average Bonchev–Trinajstić information content (AvgIpc) is 2.41. The highest BCUT2D eigenvalue weighted by Gasteiger charge is 2.35. The van der Waals surface area contributed by atoms with E-state index < -0.39 is 12.0 Å². The summed E-state index contributed by atoms with van der Waals surface area (Å²) in [5.41, 5.74) is 0.273. The fraction of sp³-hybridized carbons (Fsp3) is 0.667. The lowest BCUT2D eigenvalue weighted by Gasteiger charge is -2.34. The monoisotopic (exact) mass is 267 g/mol. The molecule has 1 saturated heterocycles. The van der Waals surface area contributed by atoms with E-state index in [2.05, 4.69) is 5.10 Å². The van der Waals surface area contributed by atoms with Gasteiger partial charge in [0.1, 0.15) is 11.8 Å². The maximum atomic E-state index is 12.3. The van der Waals surface area contributed by atoms with E-state index >= 15 is 0 Å². The third kappa shape index (κ3) is 2.74. The van der Waals surface area contributed by atoms with Crippen molar-refractivity contribution in [1.82, 2.24) is 9.91 Å². The fourth-order valence-electron chi connectivity index (χ4n) is 2.42. The van der Waals surface area contributed by atoms with Crippen LogP contribution in [0.1, 0.15) is 32.1 Å². The van der Waals surface area contributed by atoms with Crippen LogP contribution in [0.25, 0.3) is 0 Å². The van der Waals surface area contributed by atoms with Gasteiger partial charge in [0.15, 0.2) is 0 Å². The first kappa shape index (κ1) is 13.5. The van der Waals surface area contributed by atoms with Crippen LogP contribution in [0, 0.1) is 0 Å². The van der Waals surface area contributed by atoms with E-state index in [1.807, 2.05) is 0 Å². The molecule has 0 bridgehead atoms. The molecule has 0 spiro atoms. The van der Waals surface area contributed by atoms with Gasteiger partial charge in [-0.05, 0) is 19.3 Å². The molecular weight excluding hydrogens is 250 g/mol. The number of carbonyl (C=O) groups is 3. The molecular formula is C12H17N3O4. The van der Waals surface area contributed by atoms with E-state index in [0.29, 0.717) is 13.0 Å². The molecule has 0 unspecified atom stereocenters. The van der Waals surface area contributed by atoms with Gasteiger partial charge in [0.2, 0.25) is 5.91 Å². The molecule has 2 rings (SSSR count). The Balaban J connectivity index is 2.16. The predicted octanol–water partition coefficient (Wildman–Crippen LogP) is 0.0603. The van der Waals surface area contributed by atoms with Gasteiger partial charge in [-0.25, -0.2) is 9.80 Å². The van der Waals surface area contributed by atoms with E-state index in [1.54, 1.807) is 0 Å². The summed E-state index contributed by atoms with van der Waals surface area (Å²) in [6.07, 6.45) is 2.61. The van der Waals surface area contributed by atoms with Gasteiger partial charge < -0.3 is 10.0 Å². The minimum Gasteiger partial charge on any atom is -0.480 e. The van der Waals surface area contributed by atoms with Gasteiger partial charge >= 0.3 is 5.97 Å². The van der Waals surface area contributed by atoms with Gasteiger partial charge in [-0.3, -0.25) is 9.59 Å². The first-order valence-corrected chi connectivity index (χ1v) is 6.38. The second-order valence-corrected chi connectivity index (χ2v) is 4.81. The quantitative estimate of drug-likeness (QED) is 0.766. The molecule has 1 fully saturated rings. The largest absolute Gasteiger partial charge is 0.480 e. The molecule has 1 atom stereocenters. The van der Waals surface area contributed by atoms with Crippen molar-refractivity contribution in [2.45, 2.75) is 38.1 Å². The number of nitrogens with zero attached hydrogens (tertiary/aromatic N) is 3. The Morgan fingerprint density at radius 2 is 2.05 bits per heavy atom. The van der Waals surface area contributed by atoms with Gasteiger partial charge in [0.25, 0.3) is 5.91 Å². The fourth-order valence-corrected chi connectivity index (χ4v) is 2.42. The molecule has 1 N–H and O–H groups in total. The zero-order valence-electron chi connectivity index (χ0n) is 10.8. The Kier molecular flexibility index (Phi) is 3.82. The molecule has 0 aromatic rings. The Hall–Kier alpha value is -1.92. The summed E-state index contributed by atoms with van der Waals surface area (Å²) in [5.74, 6) is -1.47. The van der Waals surface area contributed by atoms with E-state index in [4.69, 9.17) is 5.11 Å². The van der Waals surface area contributed by atoms with Gasteiger partial charge in [0, 0.05) is 26.4 Å². The molecule has 7 nitrogen and oxygen atoms in total. The van der Waals surface area contributed by atoms with Crippen molar-refractivity contribution in [3.63, 3.8) is 0 Å². The molecule has 2 aliphatic heterocycles. The second-order valence-electron chi connectivity index (χ2n) is 4.81. The highest BCUT2D eigenvalue weighted by Crippen LogP contribution is 2.19. The number of hydrogen-bond acceptors (Lipinski definition) is 4. The number of piperidine rings is 1.